The molecule has 0 aromatic carbocycles. The van der Waals surface area contributed by atoms with Gasteiger partial charge in [0.2, 0.25) is 0 Å². The van der Waals surface area contributed by atoms with Crippen LogP contribution in [0.1, 0.15) is 29.9 Å². The maximum Gasteiger partial charge on any atom is 0.326 e. The number of urea groups is 1. The SMILES string of the molecule is Cc1nn(C)c2ncc(C(=O)NC(=O)NC3=CC(C(=O)[O-])(C(C)C)C(Cl)C=C3)c(N3CCN(C)CC3)c12. The fourth-order valence-corrected chi connectivity index (χ4v) is 5.43. The number of aliphatic carboxylic acids is 1. The zero-order valence-electron chi connectivity index (χ0n) is 21.5. The van der Waals surface area contributed by atoms with Crippen molar-refractivity contribution in [2.75, 3.05) is 38.1 Å². The van der Waals surface area contributed by atoms with Crippen LogP contribution in [0.2, 0.25) is 0 Å². The third kappa shape index (κ3) is 4.80. The number of fused-ring (bicyclic) bond motifs is 1. The number of nitrogens with zero attached hydrogens (tertiary/aromatic N) is 5. The Morgan fingerprint density at radius 2 is 1.86 bits per heavy atom. The quantitative estimate of drug-likeness (QED) is 0.547. The lowest BCUT2D eigenvalue weighted by molar-refractivity contribution is -0.318. The number of pyridine rings is 1. The largest absolute Gasteiger partial charge is 0.549 e. The summed E-state index contributed by atoms with van der Waals surface area (Å²) in [5.74, 6) is -2.38. The van der Waals surface area contributed by atoms with Crippen molar-refractivity contribution in [2.45, 2.75) is 26.1 Å². The predicted octanol–water partition coefficient (Wildman–Crippen LogP) is 0.921. The Bertz CT molecular complexity index is 1310. The average molecular weight is 529 g/mol. The van der Waals surface area contributed by atoms with E-state index in [0.717, 1.165) is 24.2 Å². The molecular formula is C25H31ClN7O4-. The van der Waals surface area contributed by atoms with Crippen LogP contribution in [0, 0.1) is 18.3 Å². The first-order valence-electron chi connectivity index (χ1n) is 12.1. The number of piperazine rings is 1. The number of alkyl halides is 1. The van der Waals surface area contributed by atoms with Crippen molar-refractivity contribution in [3.63, 3.8) is 0 Å². The van der Waals surface area contributed by atoms with Gasteiger partial charge in [-0.25, -0.2) is 9.78 Å². The van der Waals surface area contributed by atoms with E-state index in [1.807, 2.05) is 14.0 Å². The summed E-state index contributed by atoms with van der Waals surface area (Å²) in [6.07, 6.45) is 5.82. The number of aryl methyl sites for hydroxylation is 2. The normalized spacial score (nSPS) is 22.3. The van der Waals surface area contributed by atoms with Crippen LogP contribution in [0.4, 0.5) is 10.5 Å². The minimum Gasteiger partial charge on any atom is -0.549 e. The monoisotopic (exact) mass is 528 g/mol. The Labute approximate surface area is 220 Å². The van der Waals surface area contributed by atoms with Gasteiger partial charge in [-0.3, -0.25) is 14.8 Å². The van der Waals surface area contributed by atoms with Gasteiger partial charge in [-0.2, -0.15) is 5.10 Å². The maximum atomic E-state index is 13.3. The van der Waals surface area contributed by atoms with Crippen molar-refractivity contribution in [2.24, 2.45) is 18.4 Å². The second-order valence-electron chi connectivity index (χ2n) is 9.86. The van der Waals surface area contributed by atoms with Crippen molar-refractivity contribution in [3.8, 4) is 0 Å². The lowest BCUT2D eigenvalue weighted by Gasteiger charge is -2.41. The van der Waals surface area contributed by atoms with E-state index in [0.29, 0.717) is 24.4 Å². The van der Waals surface area contributed by atoms with E-state index in [1.54, 1.807) is 25.6 Å². The Kier molecular flexibility index (Phi) is 7.29. The number of carboxylic acids is 1. The molecule has 3 amide bonds. The number of halogens is 1. The van der Waals surface area contributed by atoms with E-state index in [4.69, 9.17) is 11.6 Å². The van der Waals surface area contributed by atoms with Crippen molar-refractivity contribution < 1.29 is 19.5 Å². The summed E-state index contributed by atoms with van der Waals surface area (Å²) in [4.78, 5) is 46.9. The van der Waals surface area contributed by atoms with Crippen LogP contribution < -0.4 is 20.6 Å². The van der Waals surface area contributed by atoms with E-state index in [2.05, 4.69) is 30.5 Å². The van der Waals surface area contributed by atoms with Gasteiger partial charge in [0.25, 0.3) is 5.91 Å². The first-order chi connectivity index (χ1) is 17.5. The van der Waals surface area contributed by atoms with Crippen molar-refractivity contribution in [1.29, 1.82) is 0 Å². The third-order valence-electron chi connectivity index (χ3n) is 7.15. The minimum absolute atomic E-state index is 0.205. The first kappa shape index (κ1) is 26.6. The van der Waals surface area contributed by atoms with Gasteiger partial charge in [0.1, 0.15) is 0 Å². The van der Waals surface area contributed by atoms with Gasteiger partial charge in [0, 0.05) is 45.1 Å². The average Bonchev–Trinajstić information content (AvgIpc) is 3.13. The molecule has 198 valence electrons. The van der Waals surface area contributed by atoms with Gasteiger partial charge < -0.3 is 25.0 Å². The fraction of sp³-hybridized carbons (Fsp3) is 0.480. The molecule has 1 saturated heterocycles. The van der Waals surface area contributed by atoms with Crippen LogP contribution in [0.3, 0.4) is 0 Å². The molecule has 2 atom stereocenters. The molecule has 4 rings (SSSR count). The topological polar surface area (TPSA) is 136 Å². The number of likely N-dealkylation sites (N-methyl/N-ethyl adjacent to an activating group) is 1. The summed E-state index contributed by atoms with van der Waals surface area (Å²) < 4.78 is 1.67. The molecule has 0 bridgehead atoms. The van der Waals surface area contributed by atoms with Crippen LogP contribution in [0.15, 0.2) is 30.1 Å². The van der Waals surface area contributed by atoms with Gasteiger partial charge in [0.15, 0.2) is 5.65 Å². The second kappa shape index (κ2) is 10.1. The first-order valence-corrected chi connectivity index (χ1v) is 12.5. The number of anilines is 1. The molecule has 0 spiro atoms. The van der Waals surface area contributed by atoms with Gasteiger partial charge in [-0.05, 0) is 32.0 Å². The van der Waals surface area contributed by atoms with E-state index in [1.165, 1.54) is 24.4 Å². The molecule has 0 radical (unpaired) electrons. The Morgan fingerprint density at radius 3 is 2.49 bits per heavy atom. The van der Waals surface area contributed by atoms with Gasteiger partial charge >= 0.3 is 6.03 Å². The molecule has 2 N–H and O–H groups in total. The molecule has 2 aromatic rings. The highest BCUT2D eigenvalue weighted by Crippen LogP contribution is 2.40. The number of hydrogen-bond donors (Lipinski definition) is 2. The number of rotatable bonds is 5. The van der Waals surface area contributed by atoms with Crippen molar-refractivity contribution in [3.05, 3.63) is 41.4 Å². The number of carboxylic acid groups (broad SMARTS) is 1. The maximum absolute atomic E-state index is 13.3. The summed E-state index contributed by atoms with van der Waals surface area (Å²) in [6, 6.07) is -0.808. The van der Waals surface area contributed by atoms with E-state index in [9.17, 15) is 19.5 Å². The van der Waals surface area contributed by atoms with E-state index >= 15 is 0 Å². The number of aromatic nitrogens is 3. The minimum atomic E-state index is -1.51. The zero-order chi connectivity index (χ0) is 27.1. The summed E-state index contributed by atoms with van der Waals surface area (Å²) >= 11 is 6.30. The highest BCUT2D eigenvalue weighted by Gasteiger charge is 2.41. The summed E-state index contributed by atoms with van der Waals surface area (Å²) in [5.41, 5.74) is 1.02. The Morgan fingerprint density at radius 1 is 1.19 bits per heavy atom. The van der Waals surface area contributed by atoms with Crippen LogP contribution in [-0.2, 0) is 11.8 Å². The molecule has 37 heavy (non-hydrogen) atoms. The van der Waals surface area contributed by atoms with Gasteiger partial charge in [-0.1, -0.05) is 19.9 Å². The summed E-state index contributed by atoms with van der Waals surface area (Å²) in [6.45, 7) is 8.34. The van der Waals surface area contributed by atoms with Crippen LogP contribution >= 0.6 is 11.6 Å². The molecule has 3 heterocycles. The molecule has 12 heteroatoms. The van der Waals surface area contributed by atoms with Gasteiger partial charge in [-0.15, -0.1) is 11.6 Å². The molecule has 11 nitrogen and oxygen atoms in total. The van der Waals surface area contributed by atoms with Crippen LogP contribution in [0.5, 0.6) is 0 Å². The Hall–Kier alpha value is -3.44. The predicted molar refractivity (Wildman–Crippen MR) is 138 cm³/mol. The van der Waals surface area contributed by atoms with Crippen LogP contribution in [-0.4, -0.2) is 76.2 Å². The number of imide groups is 1. The lowest BCUT2D eigenvalue weighted by atomic mass is 9.71. The fourth-order valence-electron chi connectivity index (χ4n) is 4.95. The Balaban J connectivity index is 1.62. The lowest BCUT2D eigenvalue weighted by Crippen LogP contribution is -2.51. The van der Waals surface area contributed by atoms with E-state index in [-0.39, 0.29) is 11.3 Å². The third-order valence-corrected chi connectivity index (χ3v) is 7.66. The molecule has 1 aliphatic heterocycles. The molecule has 1 fully saturated rings. The number of nitrogens with one attached hydrogen (secondary N) is 2. The van der Waals surface area contributed by atoms with Gasteiger partial charge in [0.05, 0.1) is 39.1 Å². The highest BCUT2D eigenvalue weighted by atomic mass is 35.5. The molecular weight excluding hydrogens is 498 g/mol. The molecule has 0 saturated carbocycles. The highest BCUT2D eigenvalue weighted by molar-refractivity contribution is 6.24. The van der Waals surface area contributed by atoms with Crippen molar-refractivity contribution in [1.82, 2.24) is 30.3 Å². The molecule has 1 aliphatic carbocycles. The van der Waals surface area contributed by atoms with Crippen LogP contribution in [0.25, 0.3) is 11.0 Å². The number of carbonyl (C=O) groups excluding carboxylic acids is 3. The molecule has 2 aliphatic rings. The number of amides is 3. The smallest absolute Gasteiger partial charge is 0.326 e. The number of hydrogen-bond acceptors (Lipinski definition) is 8. The molecule has 2 unspecified atom stereocenters. The van der Waals surface area contributed by atoms with Crippen molar-refractivity contribution >= 4 is 46.2 Å². The zero-order valence-corrected chi connectivity index (χ0v) is 22.3. The van der Waals surface area contributed by atoms with E-state index < -0.39 is 34.6 Å². The number of carbonyl (C=O) groups is 3. The summed E-state index contributed by atoms with van der Waals surface area (Å²) in [5, 5.41) is 21.3. The molecule has 2 aromatic heterocycles. The number of allylic oxidation sites excluding steroid dienone is 2. The second-order valence-corrected chi connectivity index (χ2v) is 10.3. The summed E-state index contributed by atoms with van der Waals surface area (Å²) in [7, 11) is 3.84. The standard InChI is InChI=1S/C25H32ClN7O4/c1-14(2)25(23(35)36)12-16(6-7-18(25)26)28-24(37)29-22(34)17-13-27-21-19(15(3)30-32(21)5)20(17)33-10-8-31(4)9-11-33/h6-7,12-14,18H,8-11H2,1-5H3,(H,35,36)(H2,28,29,34,37)/p-1.